The van der Waals surface area contributed by atoms with Crippen molar-refractivity contribution in [3.63, 3.8) is 0 Å². The fourth-order valence-electron chi connectivity index (χ4n) is 6.62. The zero-order chi connectivity index (χ0) is 27.8. The molecule has 3 aromatic heterocycles. The van der Waals surface area contributed by atoms with Crippen molar-refractivity contribution in [1.82, 2.24) is 19.4 Å². The molecule has 38 heavy (non-hydrogen) atoms. The predicted octanol–water partition coefficient (Wildman–Crippen LogP) is 8.86. The fourth-order valence-corrected chi connectivity index (χ4v) is 6.62. The van der Waals surface area contributed by atoms with E-state index < -0.39 is 0 Å². The summed E-state index contributed by atoms with van der Waals surface area (Å²) in [6.07, 6.45) is 6.35. The lowest BCUT2D eigenvalue weighted by molar-refractivity contribution is 0.125. The number of aryl methyl sites for hydroxylation is 1. The van der Waals surface area contributed by atoms with E-state index in [1.807, 2.05) is 6.08 Å². The number of rotatable bonds is 6. The van der Waals surface area contributed by atoms with Gasteiger partial charge in [0.2, 0.25) is 0 Å². The molecular formula is C34H46N4. The summed E-state index contributed by atoms with van der Waals surface area (Å²) in [6.45, 7) is 27.3. The van der Waals surface area contributed by atoms with E-state index in [1.54, 1.807) is 0 Å². The van der Waals surface area contributed by atoms with E-state index in [0.29, 0.717) is 5.92 Å². The first-order valence-corrected chi connectivity index (χ1v) is 14.4. The number of benzene rings is 1. The number of hydrogen-bond donors (Lipinski definition) is 0. The van der Waals surface area contributed by atoms with Gasteiger partial charge in [0.25, 0.3) is 0 Å². The average Bonchev–Trinajstić information content (AvgIpc) is 3.26. The Morgan fingerprint density at radius 2 is 1.61 bits per heavy atom. The molecule has 4 aromatic rings. The zero-order valence-electron chi connectivity index (χ0n) is 25.3. The number of imidazole rings is 1. The summed E-state index contributed by atoms with van der Waals surface area (Å²) in [4.78, 5) is 15.6. The first-order chi connectivity index (χ1) is 17.6. The van der Waals surface area contributed by atoms with Gasteiger partial charge in [0.15, 0.2) is 11.3 Å². The van der Waals surface area contributed by atoms with Crippen LogP contribution in [-0.4, -0.2) is 19.4 Å². The Morgan fingerprint density at radius 3 is 2.21 bits per heavy atom. The standard InChI is InChI=1S/C34H46N4/c1-12-14-21(13-2)15-16-22-17-18-23-28(35-22)37-30(31(3,4)5)38-27-20-25-24(19-26(27)36-29(23)38)32(6,7)34(10,11)33(25,8)9/h12,17-21H,1,13-16H2,2-11H3. The molecule has 0 aliphatic heterocycles. The van der Waals surface area contributed by atoms with Gasteiger partial charge in [-0.2, -0.15) is 0 Å². The number of nitrogens with zero attached hydrogens (tertiary/aromatic N) is 4. The van der Waals surface area contributed by atoms with Gasteiger partial charge in [-0.05, 0) is 76.8 Å². The highest BCUT2D eigenvalue weighted by Gasteiger charge is 2.57. The molecule has 1 aliphatic carbocycles. The highest BCUT2D eigenvalue weighted by atomic mass is 15.1. The number of pyridine rings is 1. The van der Waals surface area contributed by atoms with Crippen molar-refractivity contribution >= 4 is 27.7 Å². The molecule has 3 heterocycles. The molecule has 0 spiro atoms. The van der Waals surface area contributed by atoms with Crippen LogP contribution in [0.2, 0.25) is 0 Å². The molecule has 0 fully saturated rings. The van der Waals surface area contributed by atoms with E-state index in [4.69, 9.17) is 15.0 Å². The maximum atomic E-state index is 5.27. The third-order valence-corrected chi connectivity index (χ3v) is 10.4. The minimum Gasteiger partial charge on any atom is -0.279 e. The molecule has 0 N–H and O–H groups in total. The van der Waals surface area contributed by atoms with Gasteiger partial charge in [0.1, 0.15) is 5.82 Å². The molecule has 4 nitrogen and oxygen atoms in total. The summed E-state index contributed by atoms with van der Waals surface area (Å²) >= 11 is 0. The van der Waals surface area contributed by atoms with Gasteiger partial charge >= 0.3 is 0 Å². The van der Waals surface area contributed by atoms with Crippen LogP contribution in [0.5, 0.6) is 0 Å². The van der Waals surface area contributed by atoms with Gasteiger partial charge in [-0.25, -0.2) is 15.0 Å². The van der Waals surface area contributed by atoms with Crippen LogP contribution >= 0.6 is 0 Å². The van der Waals surface area contributed by atoms with Crippen LogP contribution < -0.4 is 0 Å². The number of allylic oxidation sites excluding steroid dienone is 1. The second-order valence-corrected chi connectivity index (χ2v) is 14.2. The molecule has 5 rings (SSSR count). The second kappa shape index (κ2) is 8.63. The van der Waals surface area contributed by atoms with Gasteiger partial charge in [0.05, 0.1) is 16.4 Å². The first kappa shape index (κ1) is 26.8. The average molecular weight is 511 g/mol. The van der Waals surface area contributed by atoms with Crippen LogP contribution in [0.3, 0.4) is 0 Å². The molecule has 0 amide bonds. The van der Waals surface area contributed by atoms with Crippen molar-refractivity contribution in [2.75, 3.05) is 0 Å². The molecule has 0 radical (unpaired) electrons. The van der Waals surface area contributed by atoms with E-state index in [-0.39, 0.29) is 21.7 Å². The predicted molar refractivity (Wildman–Crippen MR) is 161 cm³/mol. The molecule has 0 saturated heterocycles. The van der Waals surface area contributed by atoms with E-state index >= 15 is 0 Å². The summed E-state index contributed by atoms with van der Waals surface area (Å²) in [6, 6.07) is 9.14. The van der Waals surface area contributed by atoms with E-state index in [1.165, 1.54) is 17.5 Å². The Morgan fingerprint density at radius 1 is 0.947 bits per heavy atom. The normalized spacial score (nSPS) is 18.8. The van der Waals surface area contributed by atoms with Gasteiger partial charge in [-0.15, -0.1) is 6.58 Å². The van der Waals surface area contributed by atoms with Crippen molar-refractivity contribution in [1.29, 1.82) is 0 Å². The number of fused-ring (bicyclic) bond motifs is 6. The van der Waals surface area contributed by atoms with Crippen LogP contribution in [-0.2, 0) is 22.7 Å². The zero-order valence-corrected chi connectivity index (χ0v) is 25.3. The summed E-state index contributed by atoms with van der Waals surface area (Å²) < 4.78 is 2.31. The van der Waals surface area contributed by atoms with Gasteiger partial charge < -0.3 is 0 Å². The Bertz CT molecular complexity index is 1560. The van der Waals surface area contributed by atoms with E-state index in [0.717, 1.165) is 58.5 Å². The third kappa shape index (κ3) is 3.73. The summed E-state index contributed by atoms with van der Waals surface area (Å²) in [5.41, 5.74) is 7.96. The Balaban J connectivity index is 1.74. The highest BCUT2D eigenvalue weighted by molar-refractivity contribution is 5.95. The monoisotopic (exact) mass is 510 g/mol. The molecule has 1 unspecified atom stereocenters. The van der Waals surface area contributed by atoms with Crippen molar-refractivity contribution in [2.45, 2.75) is 111 Å². The molecule has 1 atom stereocenters. The lowest BCUT2D eigenvalue weighted by Crippen LogP contribution is -2.42. The summed E-state index contributed by atoms with van der Waals surface area (Å²) in [5.74, 6) is 1.67. The molecule has 4 heteroatoms. The molecule has 202 valence electrons. The summed E-state index contributed by atoms with van der Waals surface area (Å²) in [7, 11) is 0. The molecular weight excluding hydrogens is 464 g/mol. The van der Waals surface area contributed by atoms with Gasteiger partial charge in [-0.1, -0.05) is 81.7 Å². The Kier molecular flexibility index (Phi) is 6.09. The van der Waals surface area contributed by atoms with Crippen LogP contribution in [0.4, 0.5) is 0 Å². The minimum atomic E-state index is -0.165. The molecule has 0 bridgehead atoms. The maximum Gasteiger partial charge on any atom is 0.165 e. The van der Waals surface area contributed by atoms with E-state index in [9.17, 15) is 0 Å². The molecule has 1 aliphatic rings. The van der Waals surface area contributed by atoms with Crippen molar-refractivity contribution < 1.29 is 0 Å². The second-order valence-electron chi connectivity index (χ2n) is 14.2. The first-order valence-electron chi connectivity index (χ1n) is 14.4. The van der Waals surface area contributed by atoms with E-state index in [2.05, 4.69) is 104 Å². The van der Waals surface area contributed by atoms with Crippen LogP contribution in [0.25, 0.3) is 27.7 Å². The van der Waals surface area contributed by atoms with Crippen LogP contribution in [0.15, 0.2) is 36.9 Å². The lowest BCUT2D eigenvalue weighted by Gasteiger charge is -2.44. The van der Waals surface area contributed by atoms with Crippen LogP contribution in [0, 0.1) is 11.3 Å². The maximum absolute atomic E-state index is 5.27. The van der Waals surface area contributed by atoms with Crippen molar-refractivity contribution in [2.24, 2.45) is 11.3 Å². The largest absolute Gasteiger partial charge is 0.279 e. The fraction of sp³-hybridized carbons (Fsp3) is 0.559. The van der Waals surface area contributed by atoms with Crippen molar-refractivity contribution in [3.8, 4) is 0 Å². The SMILES string of the molecule is C=CCC(CC)CCc1ccc2c(n1)nc(C(C)(C)C)n1c3cc4c(cc3nc21)C(C)(C)C(C)(C)C4(C)C. The van der Waals surface area contributed by atoms with Crippen LogP contribution in [0.1, 0.15) is 111 Å². The minimum absolute atomic E-state index is 0.0365. The van der Waals surface area contributed by atoms with Gasteiger partial charge in [0, 0.05) is 11.1 Å². The summed E-state index contributed by atoms with van der Waals surface area (Å²) in [5, 5.41) is 1.02. The van der Waals surface area contributed by atoms with Gasteiger partial charge in [-0.3, -0.25) is 4.40 Å². The highest BCUT2D eigenvalue weighted by Crippen LogP contribution is 2.62. The number of aromatic nitrogens is 4. The lowest BCUT2D eigenvalue weighted by atomic mass is 9.59. The smallest absolute Gasteiger partial charge is 0.165 e. The third-order valence-electron chi connectivity index (χ3n) is 10.4. The Hall–Kier alpha value is -2.75. The quantitative estimate of drug-likeness (QED) is 0.243. The Labute approximate surface area is 229 Å². The van der Waals surface area contributed by atoms with Crippen molar-refractivity contribution in [3.05, 3.63) is 59.6 Å². The topological polar surface area (TPSA) is 43.1 Å². The number of hydrogen-bond acceptors (Lipinski definition) is 3. The molecule has 0 saturated carbocycles. The molecule has 1 aromatic carbocycles.